The first-order valence-corrected chi connectivity index (χ1v) is 13.7. The van der Waals surface area contributed by atoms with E-state index >= 15 is 0 Å². The quantitative estimate of drug-likeness (QED) is 0.625. The van der Waals surface area contributed by atoms with Crippen LogP contribution in [0.15, 0.2) is 30.3 Å². The monoisotopic (exact) mass is 498 g/mol. The van der Waals surface area contributed by atoms with Gasteiger partial charge in [-0.2, -0.15) is 0 Å². The van der Waals surface area contributed by atoms with Gasteiger partial charge in [-0.05, 0) is 64.1 Å². The van der Waals surface area contributed by atoms with E-state index in [9.17, 15) is 14.7 Å². The van der Waals surface area contributed by atoms with Crippen LogP contribution in [0.4, 0.5) is 4.79 Å². The Morgan fingerprint density at radius 3 is 2.47 bits per heavy atom. The van der Waals surface area contributed by atoms with Crippen molar-refractivity contribution < 1.29 is 19.4 Å². The number of carbonyl (C=O) groups is 2. The van der Waals surface area contributed by atoms with E-state index in [4.69, 9.17) is 4.74 Å². The molecule has 4 aliphatic rings. The van der Waals surface area contributed by atoms with E-state index < -0.39 is 0 Å². The van der Waals surface area contributed by atoms with Crippen molar-refractivity contribution in [2.75, 3.05) is 60.0 Å². The number of rotatable bonds is 7. The fourth-order valence-corrected chi connectivity index (χ4v) is 6.83. The van der Waals surface area contributed by atoms with Crippen LogP contribution < -0.4 is 0 Å². The molecule has 0 radical (unpaired) electrons. The van der Waals surface area contributed by atoms with E-state index in [1.54, 1.807) is 9.80 Å². The standard InChI is InChI=1S/C28H42N4O4/c1-29(2)28(23-9-4-3-5-10-23)13-11-27(12-14-28)21-31(26(35)32(27)17-22-7-6-8-22)19-25(34)30-15-16-36-24(18-30)20-33/h3-5,9-10,22,24,33H,6-8,11-21H2,1-2H3/t24?,27-,28-. The van der Waals surface area contributed by atoms with Crippen molar-refractivity contribution >= 4 is 11.9 Å². The molecule has 4 fully saturated rings. The molecule has 2 saturated carbocycles. The molecular formula is C28H42N4O4. The van der Waals surface area contributed by atoms with Crippen LogP contribution in [0.2, 0.25) is 0 Å². The second-order valence-electron chi connectivity index (χ2n) is 11.6. The second kappa shape index (κ2) is 10.3. The van der Waals surface area contributed by atoms with Crippen LogP contribution in [0.5, 0.6) is 0 Å². The van der Waals surface area contributed by atoms with Crippen molar-refractivity contribution in [1.29, 1.82) is 0 Å². The highest BCUT2D eigenvalue weighted by Gasteiger charge is 2.55. The van der Waals surface area contributed by atoms with E-state index in [0.29, 0.717) is 32.2 Å². The van der Waals surface area contributed by atoms with Gasteiger partial charge in [-0.3, -0.25) is 9.69 Å². The molecule has 2 saturated heterocycles. The van der Waals surface area contributed by atoms with Crippen LogP contribution in [0, 0.1) is 5.92 Å². The number of urea groups is 1. The molecule has 0 bridgehead atoms. The summed E-state index contributed by atoms with van der Waals surface area (Å²) < 4.78 is 5.51. The van der Waals surface area contributed by atoms with Crippen molar-refractivity contribution in [2.45, 2.75) is 62.1 Å². The summed E-state index contributed by atoms with van der Waals surface area (Å²) in [5, 5.41) is 9.46. The first-order valence-electron chi connectivity index (χ1n) is 13.7. The number of aliphatic hydroxyl groups is 1. The van der Waals surface area contributed by atoms with Crippen LogP contribution >= 0.6 is 0 Å². The van der Waals surface area contributed by atoms with Gasteiger partial charge in [-0.25, -0.2) is 4.79 Å². The van der Waals surface area contributed by atoms with E-state index in [0.717, 1.165) is 32.2 Å². The van der Waals surface area contributed by atoms with Crippen molar-refractivity contribution in [3.63, 3.8) is 0 Å². The van der Waals surface area contributed by atoms with Gasteiger partial charge >= 0.3 is 6.03 Å². The minimum Gasteiger partial charge on any atom is -0.394 e. The van der Waals surface area contributed by atoms with E-state index in [1.807, 2.05) is 0 Å². The van der Waals surface area contributed by atoms with E-state index in [-0.39, 0.29) is 42.3 Å². The molecule has 2 aliphatic carbocycles. The van der Waals surface area contributed by atoms with Crippen molar-refractivity contribution in [1.82, 2.24) is 19.6 Å². The number of morpholine rings is 1. The number of aliphatic hydroxyl groups excluding tert-OH is 1. The van der Waals surface area contributed by atoms with Gasteiger partial charge in [0.15, 0.2) is 0 Å². The summed E-state index contributed by atoms with van der Waals surface area (Å²) in [5.41, 5.74) is 1.10. The van der Waals surface area contributed by atoms with Gasteiger partial charge in [0.25, 0.3) is 0 Å². The Morgan fingerprint density at radius 2 is 1.86 bits per heavy atom. The fourth-order valence-electron chi connectivity index (χ4n) is 6.83. The minimum atomic E-state index is -0.339. The molecular weight excluding hydrogens is 456 g/mol. The molecule has 3 amide bonds. The van der Waals surface area contributed by atoms with Gasteiger partial charge in [0.05, 0.1) is 24.9 Å². The summed E-state index contributed by atoms with van der Waals surface area (Å²) in [5.74, 6) is 0.536. The Hall–Kier alpha value is -2.16. The molecule has 1 aromatic rings. The van der Waals surface area contributed by atoms with Crippen LogP contribution in [0.3, 0.4) is 0 Å². The average Bonchev–Trinajstić information content (AvgIpc) is 3.12. The summed E-state index contributed by atoms with van der Waals surface area (Å²) in [6.45, 7) is 2.77. The Kier molecular flexibility index (Phi) is 7.30. The van der Waals surface area contributed by atoms with Crippen molar-refractivity contribution in [3.05, 3.63) is 35.9 Å². The third kappa shape index (κ3) is 4.63. The maximum atomic E-state index is 13.8. The maximum absolute atomic E-state index is 13.8. The molecule has 5 rings (SSSR count). The van der Waals surface area contributed by atoms with E-state index in [1.165, 1.54) is 24.8 Å². The van der Waals surface area contributed by atoms with Gasteiger partial charge in [-0.1, -0.05) is 36.8 Å². The third-order valence-corrected chi connectivity index (χ3v) is 9.42. The maximum Gasteiger partial charge on any atom is 0.321 e. The van der Waals surface area contributed by atoms with Crippen LogP contribution in [-0.2, 0) is 15.1 Å². The summed E-state index contributed by atoms with van der Waals surface area (Å²) in [7, 11) is 4.34. The number of hydrogen-bond donors (Lipinski definition) is 1. The molecule has 198 valence electrons. The highest BCUT2D eigenvalue weighted by Crippen LogP contribution is 2.49. The first kappa shape index (κ1) is 25.5. The molecule has 8 heteroatoms. The van der Waals surface area contributed by atoms with Crippen LogP contribution in [0.25, 0.3) is 0 Å². The van der Waals surface area contributed by atoms with Crippen LogP contribution in [0.1, 0.15) is 50.5 Å². The molecule has 0 aromatic heterocycles. The number of carbonyl (C=O) groups excluding carboxylic acids is 2. The zero-order valence-electron chi connectivity index (χ0n) is 21.9. The number of ether oxygens (including phenoxy) is 1. The molecule has 1 unspecified atom stereocenters. The molecule has 1 aromatic carbocycles. The topological polar surface area (TPSA) is 76.6 Å². The van der Waals surface area contributed by atoms with Crippen LogP contribution in [-0.4, -0.2) is 108 Å². The van der Waals surface area contributed by atoms with Gasteiger partial charge < -0.3 is 24.5 Å². The van der Waals surface area contributed by atoms with E-state index in [2.05, 4.69) is 54.2 Å². The summed E-state index contributed by atoms with van der Waals surface area (Å²) in [6, 6.07) is 10.8. The minimum absolute atomic E-state index is 0.0271. The molecule has 36 heavy (non-hydrogen) atoms. The number of nitrogens with zero attached hydrogens (tertiary/aromatic N) is 4. The summed E-state index contributed by atoms with van der Waals surface area (Å²) in [6.07, 6.45) is 7.16. The zero-order valence-corrected chi connectivity index (χ0v) is 21.9. The molecule has 2 aliphatic heterocycles. The molecule has 2 heterocycles. The third-order valence-electron chi connectivity index (χ3n) is 9.42. The lowest BCUT2D eigenvalue weighted by atomic mass is 9.68. The van der Waals surface area contributed by atoms with Gasteiger partial charge in [0.1, 0.15) is 6.54 Å². The smallest absolute Gasteiger partial charge is 0.321 e. The van der Waals surface area contributed by atoms with Gasteiger partial charge in [-0.15, -0.1) is 0 Å². The summed E-state index contributed by atoms with van der Waals surface area (Å²) in [4.78, 5) is 35.0. The number of amides is 3. The summed E-state index contributed by atoms with van der Waals surface area (Å²) >= 11 is 0. The lowest BCUT2D eigenvalue weighted by molar-refractivity contribution is -0.140. The molecule has 1 atom stereocenters. The predicted octanol–water partition coefficient (Wildman–Crippen LogP) is 2.51. The Labute approximate surface area is 215 Å². The first-order chi connectivity index (χ1) is 17.4. The zero-order chi connectivity index (χ0) is 25.3. The SMILES string of the molecule is CN(C)[C@]1(c2ccccc2)CC[C@@]2(CC1)CN(CC(=O)N1CCOC(CO)C1)C(=O)N2CC1CCC1. The lowest BCUT2D eigenvalue weighted by Crippen LogP contribution is -2.56. The molecule has 1 spiro atoms. The fraction of sp³-hybridized carbons (Fsp3) is 0.714. The predicted molar refractivity (Wildman–Crippen MR) is 137 cm³/mol. The normalized spacial score (nSPS) is 31.4. The molecule has 8 nitrogen and oxygen atoms in total. The Balaban J connectivity index is 1.33. The Morgan fingerprint density at radius 1 is 1.14 bits per heavy atom. The average molecular weight is 499 g/mol. The van der Waals surface area contributed by atoms with Crippen molar-refractivity contribution in [3.8, 4) is 0 Å². The highest BCUT2D eigenvalue weighted by atomic mass is 16.5. The van der Waals surface area contributed by atoms with Gasteiger partial charge in [0.2, 0.25) is 5.91 Å². The largest absolute Gasteiger partial charge is 0.394 e. The second-order valence-corrected chi connectivity index (χ2v) is 11.6. The lowest BCUT2D eigenvalue weighted by Gasteiger charge is -2.51. The Bertz CT molecular complexity index is 927. The van der Waals surface area contributed by atoms with Crippen molar-refractivity contribution in [2.24, 2.45) is 5.92 Å². The molecule has 1 N–H and O–H groups in total. The number of hydrogen-bond acceptors (Lipinski definition) is 5. The van der Waals surface area contributed by atoms with Gasteiger partial charge in [0, 0.05) is 31.7 Å². The number of benzene rings is 1. The highest BCUT2D eigenvalue weighted by molar-refractivity contribution is 5.86.